The summed E-state index contributed by atoms with van der Waals surface area (Å²) < 4.78 is 45.9. The molecule has 5 nitrogen and oxygen atoms in total. The zero-order chi connectivity index (χ0) is 19.1. The molecule has 0 amide bonds. The van der Waals surface area contributed by atoms with Crippen LogP contribution in [0.25, 0.3) is 22.5 Å². The van der Waals surface area contributed by atoms with Gasteiger partial charge in [-0.05, 0) is 26.0 Å². The van der Waals surface area contributed by atoms with Crippen molar-refractivity contribution >= 4 is 11.3 Å². The van der Waals surface area contributed by atoms with Gasteiger partial charge in [-0.25, -0.2) is 15.0 Å². The van der Waals surface area contributed by atoms with Crippen LogP contribution in [-0.2, 0) is 6.18 Å². The fourth-order valence-corrected chi connectivity index (χ4v) is 3.14. The first-order valence-electron chi connectivity index (χ1n) is 7.46. The van der Waals surface area contributed by atoms with Gasteiger partial charge in [-0.1, -0.05) is 0 Å². The second-order valence-corrected chi connectivity index (χ2v) is 6.54. The summed E-state index contributed by atoms with van der Waals surface area (Å²) in [6.07, 6.45) is -4.70. The van der Waals surface area contributed by atoms with Crippen molar-refractivity contribution in [1.82, 2.24) is 15.0 Å². The zero-order valence-corrected chi connectivity index (χ0v) is 14.9. The fraction of sp³-hybridized carbons (Fsp3) is 0.235. The van der Waals surface area contributed by atoms with E-state index in [4.69, 9.17) is 4.74 Å². The van der Waals surface area contributed by atoms with Gasteiger partial charge in [0.15, 0.2) is 5.69 Å². The number of phenols is 1. The first-order valence-corrected chi connectivity index (χ1v) is 8.34. The number of halogens is 3. The summed E-state index contributed by atoms with van der Waals surface area (Å²) in [6.45, 7) is 3.07. The molecule has 9 heteroatoms. The topological polar surface area (TPSA) is 68.1 Å². The molecule has 136 valence electrons. The van der Waals surface area contributed by atoms with Gasteiger partial charge in [0.2, 0.25) is 0 Å². The molecule has 0 unspecified atom stereocenters. The van der Waals surface area contributed by atoms with Crippen molar-refractivity contribution in [3.63, 3.8) is 0 Å². The minimum atomic E-state index is -4.70. The Bertz CT molecular complexity index is 970. The van der Waals surface area contributed by atoms with Gasteiger partial charge in [0, 0.05) is 17.0 Å². The van der Waals surface area contributed by atoms with E-state index in [1.807, 2.05) is 0 Å². The van der Waals surface area contributed by atoms with E-state index < -0.39 is 11.9 Å². The average molecular weight is 381 g/mol. The Kier molecular flexibility index (Phi) is 4.57. The molecule has 0 bridgehead atoms. The van der Waals surface area contributed by atoms with Gasteiger partial charge in [-0.2, -0.15) is 13.2 Å². The number of alkyl halides is 3. The summed E-state index contributed by atoms with van der Waals surface area (Å²) in [5, 5.41) is 12.4. The number of methoxy groups -OCH3 is 1. The number of rotatable bonds is 3. The number of aromatic hydroxyl groups is 1. The Labute approximate surface area is 151 Å². The quantitative estimate of drug-likeness (QED) is 0.717. The standard InChI is InChI=1S/C17H14F3N3O2S/c1-8-21-15(11-5-4-10(25-3)6-13(11)24)14(12-7-26-9(2)23-12)16(22-8)17(18,19)20/h4-7,24H,1-3H3. The van der Waals surface area contributed by atoms with Crippen molar-refractivity contribution in [2.24, 2.45) is 0 Å². The minimum absolute atomic E-state index is 0.0321. The first kappa shape index (κ1) is 18.1. The molecule has 0 aliphatic carbocycles. The van der Waals surface area contributed by atoms with Crippen LogP contribution in [0.2, 0.25) is 0 Å². The molecule has 1 aromatic carbocycles. The van der Waals surface area contributed by atoms with Crippen molar-refractivity contribution in [2.75, 3.05) is 7.11 Å². The summed E-state index contributed by atoms with van der Waals surface area (Å²) >= 11 is 1.22. The highest BCUT2D eigenvalue weighted by Gasteiger charge is 2.39. The SMILES string of the molecule is COc1ccc(-c2nc(C)nc(C(F)(F)F)c2-c2csc(C)n2)c(O)c1. The van der Waals surface area contributed by atoms with Crippen molar-refractivity contribution < 1.29 is 23.0 Å². The zero-order valence-electron chi connectivity index (χ0n) is 14.0. The third-order valence-electron chi connectivity index (χ3n) is 3.62. The maximum atomic E-state index is 13.6. The van der Waals surface area contributed by atoms with E-state index in [0.717, 1.165) is 0 Å². The second-order valence-electron chi connectivity index (χ2n) is 5.48. The molecule has 2 aromatic heterocycles. The summed E-state index contributed by atoms with van der Waals surface area (Å²) in [7, 11) is 1.43. The minimum Gasteiger partial charge on any atom is -0.507 e. The van der Waals surface area contributed by atoms with E-state index in [9.17, 15) is 18.3 Å². The fourth-order valence-electron chi connectivity index (χ4n) is 2.53. The highest BCUT2D eigenvalue weighted by atomic mass is 32.1. The lowest BCUT2D eigenvalue weighted by atomic mass is 10.0. The average Bonchev–Trinajstić information content (AvgIpc) is 2.99. The number of aromatic nitrogens is 3. The molecule has 0 radical (unpaired) electrons. The largest absolute Gasteiger partial charge is 0.507 e. The maximum Gasteiger partial charge on any atom is 0.434 e. The molecule has 0 saturated heterocycles. The normalized spacial score (nSPS) is 11.6. The van der Waals surface area contributed by atoms with Crippen LogP contribution in [0, 0.1) is 13.8 Å². The predicted molar refractivity (Wildman–Crippen MR) is 91.3 cm³/mol. The molecular weight excluding hydrogens is 367 g/mol. The lowest BCUT2D eigenvalue weighted by Crippen LogP contribution is -2.14. The molecule has 3 aromatic rings. The Morgan fingerprint density at radius 2 is 1.85 bits per heavy atom. The summed E-state index contributed by atoms with van der Waals surface area (Å²) in [5.41, 5.74) is -1.11. The molecule has 0 fully saturated rings. The monoisotopic (exact) mass is 381 g/mol. The van der Waals surface area contributed by atoms with Crippen LogP contribution < -0.4 is 4.74 Å². The van der Waals surface area contributed by atoms with Crippen LogP contribution in [-0.4, -0.2) is 27.2 Å². The van der Waals surface area contributed by atoms with Gasteiger partial charge in [0.25, 0.3) is 0 Å². The van der Waals surface area contributed by atoms with Crippen LogP contribution in [0.4, 0.5) is 13.2 Å². The molecule has 0 aliphatic heterocycles. The molecular formula is C17H14F3N3O2S. The van der Waals surface area contributed by atoms with Gasteiger partial charge < -0.3 is 9.84 Å². The Morgan fingerprint density at radius 1 is 1.12 bits per heavy atom. The Hall–Kier alpha value is -2.68. The van der Waals surface area contributed by atoms with Crippen molar-refractivity contribution in [2.45, 2.75) is 20.0 Å². The van der Waals surface area contributed by atoms with Gasteiger partial charge in [-0.3, -0.25) is 0 Å². The molecule has 26 heavy (non-hydrogen) atoms. The van der Waals surface area contributed by atoms with E-state index in [-0.39, 0.29) is 34.1 Å². The maximum absolute atomic E-state index is 13.6. The van der Waals surface area contributed by atoms with E-state index in [1.165, 1.54) is 48.9 Å². The van der Waals surface area contributed by atoms with Crippen LogP contribution in [0.1, 0.15) is 16.5 Å². The number of aryl methyl sites for hydroxylation is 2. The third-order valence-corrected chi connectivity index (χ3v) is 4.40. The van der Waals surface area contributed by atoms with E-state index in [1.54, 1.807) is 6.92 Å². The van der Waals surface area contributed by atoms with Gasteiger partial charge in [0.1, 0.15) is 17.3 Å². The number of benzene rings is 1. The molecule has 0 aliphatic rings. The third kappa shape index (κ3) is 3.34. The number of nitrogens with zero attached hydrogens (tertiary/aromatic N) is 3. The van der Waals surface area contributed by atoms with Crippen molar-refractivity contribution in [1.29, 1.82) is 0 Å². The van der Waals surface area contributed by atoms with Gasteiger partial charge >= 0.3 is 6.18 Å². The second kappa shape index (κ2) is 6.56. The summed E-state index contributed by atoms with van der Waals surface area (Å²) in [6, 6.07) is 4.31. The summed E-state index contributed by atoms with van der Waals surface area (Å²) in [4.78, 5) is 11.9. The Balaban J connectivity index is 2.36. The van der Waals surface area contributed by atoms with E-state index in [0.29, 0.717) is 10.8 Å². The van der Waals surface area contributed by atoms with Crippen molar-refractivity contribution in [3.05, 3.63) is 40.1 Å². The smallest absolute Gasteiger partial charge is 0.434 e. The number of thiazole rings is 1. The predicted octanol–water partition coefficient (Wildman–Crippen LogP) is 4.62. The van der Waals surface area contributed by atoms with Crippen LogP contribution in [0.5, 0.6) is 11.5 Å². The lowest BCUT2D eigenvalue weighted by Gasteiger charge is -2.16. The number of ether oxygens (including phenoxy) is 1. The molecule has 3 rings (SSSR count). The van der Waals surface area contributed by atoms with E-state index in [2.05, 4.69) is 15.0 Å². The Morgan fingerprint density at radius 3 is 2.38 bits per heavy atom. The molecule has 1 N–H and O–H groups in total. The molecule has 2 heterocycles. The van der Waals surface area contributed by atoms with E-state index >= 15 is 0 Å². The number of hydrogen-bond donors (Lipinski definition) is 1. The molecule has 0 atom stereocenters. The molecule has 0 saturated carbocycles. The van der Waals surface area contributed by atoms with Crippen molar-refractivity contribution in [3.8, 4) is 34.0 Å². The first-order chi connectivity index (χ1) is 12.2. The van der Waals surface area contributed by atoms with Crippen LogP contribution in [0.3, 0.4) is 0 Å². The molecule has 0 spiro atoms. The number of hydrogen-bond acceptors (Lipinski definition) is 6. The summed E-state index contributed by atoms with van der Waals surface area (Å²) in [5.74, 6) is 0.0705. The lowest BCUT2D eigenvalue weighted by molar-refractivity contribution is -0.140. The number of phenolic OH excluding ortho intramolecular Hbond substituents is 1. The highest BCUT2D eigenvalue weighted by Crippen LogP contribution is 2.43. The van der Waals surface area contributed by atoms with Gasteiger partial charge in [-0.15, -0.1) is 11.3 Å². The van der Waals surface area contributed by atoms with Gasteiger partial charge in [0.05, 0.1) is 29.1 Å². The highest BCUT2D eigenvalue weighted by molar-refractivity contribution is 7.09. The van der Waals surface area contributed by atoms with Crippen LogP contribution >= 0.6 is 11.3 Å². The van der Waals surface area contributed by atoms with Crippen LogP contribution in [0.15, 0.2) is 23.6 Å².